The van der Waals surface area contributed by atoms with Gasteiger partial charge in [-0.05, 0) is 82.1 Å². The van der Waals surface area contributed by atoms with Crippen molar-refractivity contribution in [2.24, 2.45) is 0 Å². The Kier molecular flexibility index (Phi) is 10.0. The second-order valence-corrected chi connectivity index (χ2v) is 12.6. The number of anilines is 1. The summed E-state index contributed by atoms with van der Waals surface area (Å²) in [7, 11) is -1.20. The molecule has 10 heteroatoms. The molecule has 2 amide bonds. The van der Waals surface area contributed by atoms with Gasteiger partial charge < -0.3 is 19.7 Å². The Morgan fingerprint density at radius 3 is 2.12 bits per heavy atom. The van der Waals surface area contributed by atoms with Gasteiger partial charge >= 0.3 is 0 Å². The lowest BCUT2D eigenvalue weighted by molar-refractivity contribution is -0.140. The van der Waals surface area contributed by atoms with E-state index in [1.807, 2.05) is 27.7 Å². The maximum Gasteiger partial charge on any atom is 0.264 e. The number of hydrogen-bond acceptors (Lipinski definition) is 6. The highest BCUT2D eigenvalue weighted by atomic mass is 32.2. The Morgan fingerprint density at radius 2 is 1.56 bits per heavy atom. The number of carbonyl (C=O) groups excluding carboxylic acids is 2. The number of nitrogens with one attached hydrogen (secondary N) is 1. The van der Waals surface area contributed by atoms with Crippen LogP contribution in [0.5, 0.6) is 11.5 Å². The van der Waals surface area contributed by atoms with Gasteiger partial charge in [0, 0.05) is 12.1 Å². The van der Waals surface area contributed by atoms with E-state index in [-0.39, 0.29) is 23.0 Å². The minimum Gasteiger partial charge on any atom is -0.497 e. The smallest absolute Gasteiger partial charge is 0.264 e. The highest BCUT2D eigenvalue weighted by Crippen LogP contribution is 2.33. The molecule has 0 aromatic heterocycles. The van der Waals surface area contributed by atoms with Crippen LogP contribution in [0.2, 0.25) is 0 Å². The van der Waals surface area contributed by atoms with Crippen molar-refractivity contribution in [1.82, 2.24) is 10.2 Å². The second-order valence-electron chi connectivity index (χ2n) is 10.8. The van der Waals surface area contributed by atoms with E-state index >= 15 is 0 Å². The number of aryl methyl sites for hydroxylation is 1. The van der Waals surface area contributed by atoms with E-state index in [1.165, 1.54) is 24.1 Å². The first-order valence-electron chi connectivity index (χ1n) is 13.2. The molecule has 0 saturated heterocycles. The van der Waals surface area contributed by atoms with E-state index in [0.29, 0.717) is 11.5 Å². The third kappa shape index (κ3) is 8.00. The van der Waals surface area contributed by atoms with Crippen molar-refractivity contribution < 1.29 is 27.5 Å². The molecule has 0 radical (unpaired) electrons. The van der Waals surface area contributed by atoms with Gasteiger partial charge in [0.1, 0.15) is 24.1 Å². The Balaban J connectivity index is 2.09. The quantitative estimate of drug-likeness (QED) is 0.357. The highest BCUT2D eigenvalue weighted by Gasteiger charge is 2.34. The number of sulfonamides is 1. The summed E-state index contributed by atoms with van der Waals surface area (Å²) in [6.45, 7) is 8.53. The zero-order chi connectivity index (χ0) is 30.4. The third-order valence-corrected chi connectivity index (χ3v) is 8.16. The van der Waals surface area contributed by atoms with E-state index in [4.69, 9.17) is 9.47 Å². The summed E-state index contributed by atoms with van der Waals surface area (Å²) in [5.41, 5.74) is 1.23. The molecule has 0 heterocycles. The summed E-state index contributed by atoms with van der Waals surface area (Å²) in [4.78, 5) is 28.8. The minimum absolute atomic E-state index is 0.0246. The van der Waals surface area contributed by atoms with Gasteiger partial charge in [-0.2, -0.15) is 0 Å². The largest absolute Gasteiger partial charge is 0.497 e. The minimum atomic E-state index is -4.20. The second kappa shape index (κ2) is 13.1. The van der Waals surface area contributed by atoms with Crippen LogP contribution in [0.25, 0.3) is 0 Å². The van der Waals surface area contributed by atoms with Crippen molar-refractivity contribution in [2.75, 3.05) is 25.1 Å². The standard InChI is InChI=1S/C31H39N3O6S/c1-22-13-18-28(40-7)27(19-22)34(41(37,38)26-11-9-8-10-12-26)21-29(35)33(23(2)30(36)32-31(3,4)5)20-24-14-16-25(39-6)17-15-24/h8-19,23H,20-21H2,1-7H3,(H,32,36)/t23-/m0/s1. The highest BCUT2D eigenvalue weighted by molar-refractivity contribution is 7.92. The molecule has 1 N–H and O–H groups in total. The molecular weight excluding hydrogens is 542 g/mol. The van der Waals surface area contributed by atoms with Crippen LogP contribution in [0.4, 0.5) is 5.69 Å². The number of rotatable bonds is 11. The zero-order valence-electron chi connectivity index (χ0n) is 24.7. The number of benzene rings is 3. The molecule has 3 rings (SSSR count). The van der Waals surface area contributed by atoms with Gasteiger partial charge in [-0.15, -0.1) is 0 Å². The van der Waals surface area contributed by atoms with Crippen molar-refractivity contribution in [3.8, 4) is 11.5 Å². The summed E-state index contributed by atoms with van der Waals surface area (Å²) in [6.07, 6.45) is 0. The topological polar surface area (TPSA) is 105 Å². The lowest BCUT2D eigenvalue weighted by atomic mass is 10.1. The van der Waals surface area contributed by atoms with Crippen LogP contribution in [0, 0.1) is 6.92 Å². The van der Waals surface area contributed by atoms with Crippen LogP contribution in [0.15, 0.2) is 77.7 Å². The fourth-order valence-electron chi connectivity index (χ4n) is 4.21. The molecule has 0 bridgehead atoms. The Bertz CT molecular complexity index is 1450. The predicted molar refractivity (Wildman–Crippen MR) is 160 cm³/mol. The summed E-state index contributed by atoms with van der Waals surface area (Å²) >= 11 is 0. The first-order chi connectivity index (χ1) is 19.3. The normalized spacial score (nSPS) is 12.3. The third-order valence-electron chi connectivity index (χ3n) is 6.39. The fourth-order valence-corrected chi connectivity index (χ4v) is 5.65. The van der Waals surface area contributed by atoms with Crippen LogP contribution < -0.4 is 19.1 Å². The molecule has 3 aromatic rings. The molecule has 0 spiro atoms. The molecule has 0 saturated carbocycles. The molecule has 0 aliphatic carbocycles. The van der Waals surface area contributed by atoms with Crippen LogP contribution in [0.1, 0.15) is 38.8 Å². The molecule has 0 aliphatic rings. The van der Waals surface area contributed by atoms with Crippen LogP contribution in [0.3, 0.4) is 0 Å². The van der Waals surface area contributed by atoms with Crippen molar-refractivity contribution in [3.63, 3.8) is 0 Å². The first kappa shape index (κ1) is 31.5. The zero-order valence-corrected chi connectivity index (χ0v) is 25.5. The number of nitrogens with zero attached hydrogens (tertiary/aromatic N) is 2. The molecule has 1 atom stereocenters. The van der Waals surface area contributed by atoms with Gasteiger partial charge in [0.05, 0.1) is 24.8 Å². The maximum atomic E-state index is 14.1. The number of carbonyl (C=O) groups is 2. The first-order valence-corrected chi connectivity index (χ1v) is 14.7. The number of amides is 2. The van der Waals surface area contributed by atoms with Gasteiger partial charge in [-0.3, -0.25) is 13.9 Å². The maximum absolute atomic E-state index is 14.1. The van der Waals surface area contributed by atoms with Gasteiger partial charge in [0.2, 0.25) is 11.8 Å². The van der Waals surface area contributed by atoms with E-state index in [1.54, 1.807) is 74.7 Å². The molecule has 41 heavy (non-hydrogen) atoms. The lowest BCUT2D eigenvalue weighted by Crippen LogP contribution is -2.54. The van der Waals surface area contributed by atoms with Crippen LogP contribution in [-0.4, -0.2) is 57.5 Å². The predicted octanol–water partition coefficient (Wildman–Crippen LogP) is 4.54. The SMILES string of the molecule is COc1ccc(CN(C(=O)CN(c2cc(C)ccc2OC)S(=O)(=O)c2ccccc2)[C@@H](C)C(=O)NC(C)(C)C)cc1. The molecular formula is C31H39N3O6S. The number of ether oxygens (including phenoxy) is 2. The van der Waals surface area contributed by atoms with Gasteiger partial charge in [-0.1, -0.05) is 36.4 Å². The fraction of sp³-hybridized carbons (Fsp3) is 0.355. The van der Waals surface area contributed by atoms with Gasteiger partial charge in [0.15, 0.2) is 0 Å². The molecule has 0 unspecified atom stereocenters. The molecule has 220 valence electrons. The Labute approximate surface area is 243 Å². The molecule has 0 fully saturated rings. The van der Waals surface area contributed by atoms with Gasteiger partial charge in [-0.25, -0.2) is 8.42 Å². The summed E-state index contributed by atoms with van der Waals surface area (Å²) in [5.74, 6) is 0.0327. The Hall–Kier alpha value is -4.05. The van der Waals surface area contributed by atoms with Crippen molar-refractivity contribution >= 4 is 27.5 Å². The number of hydrogen-bond donors (Lipinski definition) is 1. The van der Waals surface area contributed by atoms with Crippen LogP contribution in [-0.2, 0) is 26.2 Å². The summed E-state index contributed by atoms with van der Waals surface area (Å²) in [5, 5.41) is 2.92. The van der Waals surface area contributed by atoms with Crippen molar-refractivity contribution in [1.29, 1.82) is 0 Å². The lowest BCUT2D eigenvalue weighted by Gasteiger charge is -2.33. The monoisotopic (exact) mass is 581 g/mol. The van der Waals surface area contributed by atoms with Crippen molar-refractivity contribution in [3.05, 3.63) is 83.9 Å². The van der Waals surface area contributed by atoms with E-state index < -0.39 is 34.1 Å². The molecule has 0 aliphatic heterocycles. The molecule has 3 aromatic carbocycles. The van der Waals surface area contributed by atoms with E-state index in [2.05, 4.69) is 5.32 Å². The van der Waals surface area contributed by atoms with Crippen LogP contribution >= 0.6 is 0 Å². The van der Waals surface area contributed by atoms with E-state index in [0.717, 1.165) is 15.4 Å². The Morgan fingerprint density at radius 1 is 0.927 bits per heavy atom. The van der Waals surface area contributed by atoms with Gasteiger partial charge in [0.25, 0.3) is 10.0 Å². The summed E-state index contributed by atoms with van der Waals surface area (Å²) in [6, 6.07) is 19.3. The summed E-state index contributed by atoms with van der Waals surface area (Å²) < 4.78 is 39.8. The molecule has 9 nitrogen and oxygen atoms in total. The van der Waals surface area contributed by atoms with E-state index in [9.17, 15) is 18.0 Å². The average Bonchev–Trinajstić information content (AvgIpc) is 2.93. The average molecular weight is 582 g/mol. The number of methoxy groups -OCH3 is 2. The van der Waals surface area contributed by atoms with Crippen molar-refractivity contribution in [2.45, 2.75) is 57.6 Å².